The Labute approximate surface area is 144 Å². The first-order valence-corrected chi connectivity index (χ1v) is 8.42. The zero-order valence-electron chi connectivity index (χ0n) is 13.3. The third kappa shape index (κ3) is 2.75. The van der Waals surface area contributed by atoms with E-state index in [0.29, 0.717) is 13.0 Å². The maximum atomic E-state index is 10.3. The minimum Gasteiger partial charge on any atom is -0.395 e. The normalized spacial score (nSPS) is 20.3. The van der Waals surface area contributed by atoms with Gasteiger partial charge in [-0.25, -0.2) is 4.68 Å². The first-order valence-electron chi connectivity index (χ1n) is 7.63. The van der Waals surface area contributed by atoms with E-state index in [4.69, 9.17) is 9.84 Å². The summed E-state index contributed by atoms with van der Waals surface area (Å²) in [6, 6.07) is 6.15. The molecule has 0 saturated carbocycles. The van der Waals surface area contributed by atoms with Crippen molar-refractivity contribution in [3.8, 4) is 0 Å². The molecule has 3 rings (SSSR count). The van der Waals surface area contributed by atoms with Gasteiger partial charge < -0.3 is 9.84 Å². The van der Waals surface area contributed by atoms with E-state index >= 15 is 0 Å². The molecule has 1 unspecified atom stereocenters. The molecule has 3 heterocycles. The number of hydrogen-bond donors (Lipinski definition) is 1. The fourth-order valence-electron chi connectivity index (χ4n) is 3.23. The molecule has 1 N–H and O–H groups in total. The van der Waals surface area contributed by atoms with Crippen molar-refractivity contribution < 1.29 is 9.84 Å². The zero-order valence-corrected chi connectivity index (χ0v) is 14.9. The molecule has 0 amide bonds. The standard InChI is InChI=1S/C17H20BrN3O2/c1-3-15-4-5-16-17(11-22,12-6-13(18)9-19-8-12)7-14(10-23-2)20-21(15)16/h4-6,8-9,22H,3,7,10-11H2,1-2H3. The van der Waals surface area contributed by atoms with Gasteiger partial charge in [0.25, 0.3) is 0 Å². The highest BCUT2D eigenvalue weighted by molar-refractivity contribution is 9.10. The van der Waals surface area contributed by atoms with Crippen molar-refractivity contribution in [1.82, 2.24) is 9.66 Å². The summed E-state index contributed by atoms with van der Waals surface area (Å²) in [4.78, 5) is 4.28. The summed E-state index contributed by atoms with van der Waals surface area (Å²) in [5, 5.41) is 15.1. The van der Waals surface area contributed by atoms with Crippen molar-refractivity contribution in [2.45, 2.75) is 25.2 Å². The van der Waals surface area contributed by atoms with Crippen LogP contribution >= 0.6 is 15.9 Å². The number of aliphatic hydroxyl groups excluding tert-OH is 1. The first kappa shape index (κ1) is 16.4. The van der Waals surface area contributed by atoms with Crippen LogP contribution in [0.4, 0.5) is 0 Å². The highest BCUT2D eigenvalue weighted by atomic mass is 79.9. The molecule has 6 heteroatoms. The second-order valence-corrected chi connectivity index (χ2v) is 6.70. The number of rotatable bonds is 5. The quantitative estimate of drug-likeness (QED) is 0.871. The van der Waals surface area contributed by atoms with Gasteiger partial charge >= 0.3 is 0 Å². The topological polar surface area (TPSA) is 59.6 Å². The summed E-state index contributed by atoms with van der Waals surface area (Å²) < 4.78 is 8.14. The fraction of sp³-hybridized carbons (Fsp3) is 0.412. The van der Waals surface area contributed by atoms with Gasteiger partial charge in [-0.15, -0.1) is 0 Å². The monoisotopic (exact) mass is 377 g/mol. The second kappa shape index (κ2) is 6.55. The zero-order chi connectivity index (χ0) is 16.4. The number of hydrogen-bond acceptors (Lipinski definition) is 4. The number of methoxy groups -OCH3 is 1. The SMILES string of the molecule is CCc1ccc2n1N=C(COC)CC2(CO)c1cncc(Br)c1. The largest absolute Gasteiger partial charge is 0.395 e. The number of aliphatic hydroxyl groups is 1. The number of nitrogens with zero attached hydrogens (tertiary/aromatic N) is 3. The number of fused-ring (bicyclic) bond motifs is 1. The molecule has 1 aliphatic heterocycles. The van der Waals surface area contributed by atoms with Gasteiger partial charge in [0.15, 0.2) is 0 Å². The summed E-state index contributed by atoms with van der Waals surface area (Å²) in [7, 11) is 1.66. The third-order valence-electron chi connectivity index (χ3n) is 4.37. The Morgan fingerprint density at radius 3 is 2.87 bits per heavy atom. The molecule has 0 saturated heterocycles. The van der Waals surface area contributed by atoms with Gasteiger partial charge in [0.2, 0.25) is 0 Å². The van der Waals surface area contributed by atoms with Crippen LogP contribution in [0.15, 0.2) is 40.2 Å². The van der Waals surface area contributed by atoms with Gasteiger partial charge in [0, 0.05) is 36.1 Å². The molecule has 122 valence electrons. The van der Waals surface area contributed by atoms with E-state index in [0.717, 1.165) is 33.6 Å². The van der Waals surface area contributed by atoms with Gasteiger partial charge in [0.05, 0.1) is 30.0 Å². The Balaban J connectivity index is 2.21. The van der Waals surface area contributed by atoms with Gasteiger partial charge in [-0.3, -0.25) is 4.98 Å². The predicted octanol–water partition coefficient (Wildman–Crippen LogP) is 2.74. The van der Waals surface area contributed by atoms with Crippen LogP contribution in [0, 0.1) is 0 Å². The van der Waals surface area contributed by atoms with Crippen LogP contribution in [0.2, 0.25) is 0 Å². The number of pyridine rings is 1. The van der Waals surface area contributed by atoms with Crippen LogP contribution in [-0.4, -0.2) is 40.8 Å². The molecule has 2 aromatic heterocycles. The lowest BCUT2D eigenvalue weighted by molar-refractivity contribution is 0.205. The van der Waals surface area contributed by atoms with Gasteiger partial charge in [-0.1, -0.05) is 6.92 Å². The molecule has 0 spiro atoms. The Morgan fingerprint density at radius 2 is 2.22 bits per heavy atom. The van der Waals surface area contributed by atoms with Crippen molar-refractivity contribution in [2.24, 2.45) is 5.10 Å². The molecule has 5 nitrogen and oxygen atoms in total. The van der Waals surface area contributed by atoms with Crippen LogP contribution in [-0.2, 0) is 16.6 Å². The van der Waals surface area contributed by atoms with E-state index in [1.165, 1.54) is 0 Å². The first-order chi connectivity index (χ1) is 11.1. The number of aryl methyl sites for hydroxylation is 1. The smallest absolute Gasteiger partial charge is 0.0863 e. The second-order valence-electron chi connectivity index (χ2n) is 5.78. The maximum Gasteiger partial charge on any atom is 0.0863 e. The molecule has 2 aromatic rings. The van der Waals surface area contributed by atoms with Crippen molar-refractivity contribution in [2.75, 3.05) is 20.3 Å². The minimum atomic E-state index is -0.556. The number of ether oxygens (including phenoxy) is 1. The van der Waals surface area contributed by atoms with E-state index < -0.39 is 5.41 Å². The molecule has 0 fully saturated rings. The predicted molar refractivity (Wildman–Crippen MR) is 92.9 cm³/mol. The minimum absolute atomic E-state index is 0.0129. The van der Waals surface area contributed by atoms with Crippen LogP contribution < -0.4 is 0 Å². The highest BCUT2D eigenvalue weighted by Crippen LogP contribution is 2.40. The molecule has 0 bridgehead atoms. The number of aromatic nitrogens is 2. The molecule has 1 aliphatic rings. The van der Waals surface area contributed by atoms with E-state index in [-0.39, 0.29) is 6.61 Å². The average molecular weight is 378 g/mol. The highest BCUT2D eigenvalue weighted by Gasteiger charge is 2.41. The van der Waals surface area contributed by atoms with Crippen molar-refractivity contribution in [3.05, 3.63) is 52.0 Å². The molecule has 0 aliphatic carbocycles. The lowest BCUT2D eigenvalue weighted by Gasteiger charge is -2.36. The summed E-state index contributed by atoms with van der Waals surface area (Å²) >= 11 is 3.48. The molecule has 0 aromatic carbocycles. The van der Waals surface area contributed by atoms with E-state index in [1.807, 2.05) is 16.9 Å². The van der Waals surface area contributed by atoms with E-state index in [2.05, 4.69) is 40.0 Å². The van der Waals surface area contributed by atoms with Crippen LogP contribution in [0.3, 0.4) is 0 Å². The lowest BCUT2D eigenvalue weighted by Crippen LogP contribution is -2.41. The molecule has 1 atom stereocenters. The van der Waals surface area contributed by atoms with Crippen molar-refractivity contribution in [3.63, 3.8) is 0 Å². The molecular weight excluding hydrogens is 358 g/mol. The van der Waals surface area contributed by atoms with E-state index in [9.17, 15) is 5.11 Å². The number of halogens is 1. The van der Waals surface area contributed by atoms with Crippen molar-refractivity contribution in [1.29, 1.82) is 0 Å². The van der Waals surface area contributed by atoms with Crippen LogP contribution in [0.5, 0.6) is 0 Å². The Bertz CT molecular complexity index is 741. The maximum absolute atomic E-state index is 10.3. The molecule has 0 radical (unpaired) electrons. The molecular formula is C17H20BrN3O2. The summed E-state index contributed by atoms with van der Waals surface area (Å²) in [6.45, 7) is 2.54. The van der Waals surface area contributed by atoms with Crippen molar-refractivity contribution >= 4 is 21.6 Å². The van der Waals surface area contributed by atoms with Crippen LogP contribution in [0.25, 0.3) is 0 Å². The Morgan fingerprint density at radius 1 is 1.39 bits per heavy atom. The fourth-order valence-corrected chi connectivity index (χ4v) is 3.60. The van der Waals surface area contributed by atoms with E-state index in [1.54, 1.807) is 13.3 Å². The van der Waals surface area contributed by atoms with Gasteiger partial charge in [-0.2, -0.15) is 5.10 Å². The third-order valence-corrected chi connectivity index (χ3v) is 4.81. The summed E-state index contributed by atoms with van der Waals surface area (Å²) in [6.07, 6.45) is 5.06. The average Bonchev–Trinajstić information content (AvgIpc) is 2.98. The molecule has 23 heavy (non-hydrogen) atoms. The summed E-state index contributed by atoms with van der Waals surface area (Å²) in [5.74, 6) is 0. The lowest BCUT2D eigenvalue weighted by atomic mass is 9.74. The Kier molecular flexibility index (Phi) is 4.66. The summed E-state index contributed by atoms with van der Waals surface area (Å²) in [5.41, 5.74) is 3.45. The van der Waals surface area contributed by atoms with Crippen LogP contribution in [0.1, 0.15) is 30.3 Å². The van der Waals surface area contributed by atoms with Gasteiger partial charge in [-0.05, 0) is 46.1 Å². The Hall–Kier alpha value is -1.50. The van der Waals surface area contributed by atoms with Gasteiger partial charge in [0.1, 0.15) is 0 Å².